The molecular weight excluding hydrogens is 294 g/mol. The van der Waals surface area contributed by atoms with E-state index >= 15 is 0 Å². The standard InChI is InChI=1S/C12H15ClF2N2O3/c1-20-6-8(18)2-3-16-12(19)17-11-9(13)4-7(14)5-10(11)15/h4-5,8,18H,2-3,6H2,1H3,(H2,16,17,19). The molecule has 5 nitrogen and oxygen atoms in total. The molecule has 20 heavy (non-hydrogen) atoms. The van der Waals surface area contributed by atoms with Crippen molar-refractivity contribution in [2.24, 2.45) is 0 Å². The zero-order valence-electron chi connectivity index (χ0n) is 10.8. The van der Waals surface area contributed by atoms with Crippen LogP contribution in [0.5, 0.6) is 0 Å². The topological polar surface area (TPSA) is 70.6 Å². The van der Waals surface area contributed by atoms with Crippen LogP contribution >= 0.6 is 11.6 Å². The van der Waals surface area contributed by atoms with Crippen LogP contribution in [0.15, 0.2) is 12.1 Å². The van der Waals surface area contributed by atoms with Crippen molar-refractivity contribution in [1.82, 2.24) is 5.32 Å². The number of amides is 2. The summed E-state index contributed by atoms with van der Waals surface area (Å²) < 4.78 is 30.9. The molecule has 1 unspecified atom stereocenters. The van der Waals surface area contributed by atoms with Crippen LogP contribution in [0.4, 0.5) is 19.3 Å². The maximum Gasteiger partial charge on any atom is 0.319 e. The number of anilines is 1. The highest BCUT2D eigenvalue weighted by atomic mass is 35.5. The molecule has 0 saturated heterocycles. The van der Waals surface area contributed by atoms with Crippen molar-refractivity contribution in [3.05, 3.63) is 28.8 Å². The van der Waals surface area contributed by atoms with E-state index in [0.29, 0.717) is 6.07 Å². The highest BCUT2D eigenvalue weighted by Gasteiger charge is 2.13. The number of benzene rings is 1. The fourth-order valence-electron chi connectivity index (χ4n) is 1.45. The molecule has 0 saturated carbocycles. The fourth-order valence-corrected chi connectivity index (χ4v) is 1.69. The normalized spacial score (nSPS) is 12.1. The van der Waals surface area contributed by atoms with Gasteiger partial charge in [0.1, 0.15) is 5.82 Å². The van der Waals surface area contributed by atoms with Gasteiger partial charge in [-0.15, -0.1) is 0 Å². The average molecular weight is 309 g/mol. The first-order valence-electron chi connectivity index (χ1n) is 5.80. The smallest absolute Gasteiger partial charge is 0.319 e. The molecule has 0 aliphatic rings. The Morgan fingerprint density at radius 1 is 1.50 bits per heavy atom. The summed E-state index contributed by atoms with van der Waals surface area (Å²) in [4.78, 5) is 11.5. The lowest BCUT2D eigenvalue weighted by atomic mass is 10.2. The Hall–Kier alpha value is -1.44. The van der Waals surface area contributed by atoms with E-state index < -0.39 is 23.8 Å². The molecule has 0 fully saturated rings. The number of nitrogens with one attached hydrogen (secondary N) is 2. The number of aliphatic hydroxyl groups excluding tert-OH is 1. The van der Waals surface area contributed by atoms with Crippen molar-refractivity contribution in [3.63, 3.8) is 0 Å². The lowest BCUT2D eigenvalue weighted by Gasteiger charge is -2.12. The first-order valence-corrected chi connectivity index (χ1v) is 6.18. The Balaban J connectivity index is 2.47. The Morgan fingerprint density at radius 2 is 2.20 bits per heavy atom. The van der Waals surface area contributed by atoms with Crippen LogP contribution in [-0.2, 0) is 4.74 Å². The predicted octanol–water partition coefficient (Wildman–Crippen LogP) is 2.14. The van der Waals surface area contributed by atoms with Crippen LogP contribution in [0, 0.1) is 11.6 Å². The van der Waals surface area contributed by atoms with Gasteiger partial charge in [-0.3, -0.25) is 0 Å². The zero-order chi connectivity index (χ0) is 15.1. The van der Waals surface area contributed by atoms with Gasteiger partial charge >= 0.3 is 6.03 Å². The lowest BCUT2D eigenvalue weighted by molar-refractivity contribution is 0.0599. The number of carbonyl (C=O) groups is 1. The van der Waals surface area contributed by atoms with Crippen LogP contribution in [0.3, 0.4) is 0 Å². The van der Waals surface area contributed by atoms with Crippen LogP contribution in [-0.4, -0.2) is 37.5 Å². The third-order valence-electron chi connectivity index (χ3n) is 2.37. The number of aliphatic hydroxyl groups is 1. The molecule has 1 rings (SSSR count). The van der Waals surface area contributed by atoms with Crippen LogP contribution in [0.2, 0.25) is 5.02 Å². The highest BCUT2D eigenvalue weighted by molar-refractivity contribution is 6.33. The van der Waals surface area contributed by atoms with Gasteiger partial charge in [0.05, 0.1) is 23.4 Å². The second kappa shape index (κ2) is 7.98. The van der Waals surface area contributed by atoms with Gasteiger partial charge in [-0.25, -0.2) is 13.6 Å². The van der Waals surface area contributed by atoms with E-state index in [4.69, 9.17) is 16.3 Å². The van der Waals surface area contributed by atoms with Crippen LogP contribution < -0.4 is 10.6 Å². The van der Waals surface area contributed by atoms with E-state index in [1.165, 1.54) is 7.11 Å². The summed E-state index contributed by atoms with van der Waals surface area (Å²) >= 11 is 5.63. The summed E-state index contributed by atoms with van der Waals surface area (Å²) in [7, 11) is 1.45. The Morgan fingerprint density at radius 3 is 2.80 bits per heavy atom. The third-order valence-corrected chi connectivity index (χ3v) is 2.67. The van der Waals surface area contributed by atoms with Gasteiger partial charge in [0.25, 0.3) is 0 Å². The molecular formula is C12H15ClF2N2O3. The van der Waals surface area contributed by atoms with E-state index in [2.05, 4.69) is 10.6 Å². The van der Waals surface area contributed by atoms with Gasteiger partial charge in [-0.1, -0.05) is 11.6 Å². The minimum absolute atomic E-state index is 0.154. The van der Waals surface area contributed by atoms with Crippen molar-refractivity contribution in [2.45, 2.75) is 12.5 Å². The van der Waals surface area contributed by atoms with E-state index in [0.717, 1.165) is 6.07 Å². The summed E-state index contributed by atoms with van der Waals surface area (Å²) in [6, 6.07) is 0.800. The van der Waals surface area contributed by atoms with Crippen molar-refractivity contribution < 1.29 is 23.4 Å². The molecule has 0 aliphatic carbocycles. The number of hydrogen-bond donors (Lipinski definition) is 3. The molecule has 1 aromatic rings. The molecule has 1 atom stereocenters. The van der Waals surface area contributed by atoms with Gasteiger partial charge < -0.3 is 20.5 Å². The van der Waals surface area contributed by atoms with Gasteiger partial charge in [0.15, 0.2) is 5.82 Å². The monoisotopic (exact) mass is 308 g/mol. The predicted molar refractivity (Wildman–Crippen MR) is 70.9 cm³/mol. The lowest BCUT2D eigenvalue weighted by Crippen LogP contribution is -2.32. The van der Waals surface area contributed by atoms with E-state index in [1.807, 2.05) is 0 Å². The number of rotatable bonds is 6. The molecule has 0 aromatic heterocycles. The second-order valence-corrected chi connectivity index (χ2v) is 4.43. The fraction of sp³-hybridized carbons (Fsp3) is 0.417. The Bertz CT molecular complexity index is 451. The number of methoxy groups -OCH3 is 1. The molecule has 2 amide bonds. The zero-order valence-corrected chi connectivity index (χ0v) is 11.5. The molecule has 0 heterocycles. The van der Waals surface area contributed by atoms with Gasteiger partial charge in [-0.05, 0) is 12.5 Å². The quantitative estimate of drug-likeness (QED) is 0.754. The highest BCUT2D eigenvalue weighted by Crippen LogP contribution is 2.26. The summed E-state index contributed by atoms with van der Waals surface area (Å²) in [6.07, 6.45) is -0.424. The summed E-state index contributed by atoms with van der Waals surface area (Å²) in [5.74, 6) is -1.80. The first-order chi connectivity index (χ1) is 9.43. The number of carbonyl (C=O) groups excluding carboxylic acids is 1. The number of halogens is 3. The summed E-state index contributed by atoms with van der Waals surface area (Å²) in [5, 5.41) is 13.7. The van der Waals surface area contributed by atoms with Gasteiger partial charge in [-0.2, -0.15) is 0 Å². The van der Waals surface area contributed by atoms with Crippen molar-refractivity contribution in [3.8, 4) is 0 Å². The number of urea groups is 1. The van der Waals surface area contributed by atoms with Crippen LogP contribution in [0.25, 0.3) is 0 Å². The molecule has 3 N–H and O–H groups in total. The summed E-state index contributed by atoms with van der Waals surface area (Å²) in [5.41, 5.74) is -0.303. The van der Waals surface area contributed by atoms with Gasteiger partial charge in [0, 0.05) is 19.7 Å². The third kappa shape index (κ3) is 5.28. The van der Waals surface area contributed by atoms with Crippen molar-refractivity contribution >= 4 is 23.3 Å². The summed E-state index contributed by atoms with van der Waals surface area (Å²) in [6.45, 7) is 0.318. The Labute approximate surface area is 119 Å². The molecule has 8 heteroatoms. The van der Waals surface area contributed by atoms with Crippen molar-refractivity contribution in [1.29, 1.82) is 0 Å². The maximum atomic E-state index is 13.4. The van der Waals surface area contributed by atoms with Crippen molar-refractivity contribution in [2.75, 3.05) is 25.6 Å². The molecule has 0 radical (unpaired) electrons. The van der Waals surface area contributed by atoms with Crippen LogP contribution in [0.1, 0.15) is 6.42 Å². The van der Waals surface area contributed by atoms with E-state index in [9.17, 15) is 18.7 Å². The maximum absolute atomic E-state index is 13.4. The molecule has 0 spiro atoms. The van der Waals surface area contributed by atoms with Gasteiger partial charge in [0.2, 0.25) is 0 Å². The van der Waals surface area contributed by atoms with E-state index in [1.54, 1.807) is 0 Å². The molecule has 0 bridgehead atoms. The number of ether oxygens (including phenoxy) is 1. The van der Waals surface area contributed by atoms with E-state index in [-0.39, 0.29) is 30.3 Å². The molecule has 1 aromatic carbocycles. The average Bonchev–Trinajstić information content (AvgIpc) is 2.34. The Kier molecular flexibility index (Phi) is 6.63. The first kappa shape index (κ1) is 16.6. The largest absolute Gasteiger partial charge is 0.391 e. The minimum atomic E-state index is -0.968. The number of hydrogen-bond acceptors (Lipinski definition) is 3. The SMILES string of the molecule is COCC(O)CCNC(=O)Nc1c(F)cc(F)cc1Cl. The molecule has 112 valence electrons. The minimum Gasteiger partial charge on any atom is -0.391 e. The molecule has 0 aliphatic heterocycles. The second-order valence-electron chi connectivity index (χ2n) is 4.02.